The Morgan fingerprint density at radius 3 is 2.75 bits per heavy atom. The molecule has 1 aromatic carbocycles. The highest BCUT2D eigenvalue weighted by Crippen LogP contribution is 2.28. The predicted molar refractivity (Wildman–Crippen MR) is 76.0 cm³/mol. The lowest BCUT2D eigenvalue weighted by atomic mass is 9.83. The molecular formula is C16H23F2NO. The van der Waals surface area contributed by atoms with Crippen molar-refractivity contribution in [2.45, 2.75) is 58.2 Å². The summed E-state index contributed by atoms with van der Waals surface area (Å²) in [6.45, 7) is 0.0389. The Labute approximate surface area is 119 Å². The molecule has 1 aliphatic carbocycles. The minimum absolute atomic E-state index is 0.277. The molecule has 4 heteroatoms. The van der Waals surface area contributed by atoms with Crippen LogP contribution in [0.4, 0.5) is 8.78 Å². The molecule has 0 amide bonds. The third kappa shape index (κ3) is 4.17. The highest BCUT2D eigenvalue weighted by Gasteiger charge is 2.23. The first-order valence-corrected chi connectivity index (χ1v) is 7.46. The summed E-state index contributed by atoms with van der Waals surface area (Å²) in [6, 6.07) is 7.51. The van der Waals surface area contributed by atoms with Crippen LogP contribution in [0.5, 0.6) is 5.75 Å². The number of ether oxygens (including phenoxy) is 1. The molecule has 0 radical (unpaired) electrons. The van der Waals surface area contributed by atoms with Crippen molar-refractivity contribution in [3.63, 3.8) is 0 Å². The topological polar surface area (TPSA) is 21.3 Å². The third-order valence-corrected chi connectivity index (χ3v) is 4.18. The Morgan fingerprint density at radius 2 is 2.00 bits per heavy atom. The second-order valence-electron chi connectivity index (χ2n) is 5.43. The fourth-order valence-corrected chi connectivity index (χ4v) is 3.07. The molecule has 2 unspecified atom stereocenters. The number of rotatable bonds is 6. The van der Waals surface area contributed by atoms with Gasteiger partial charge in [-0.25, -0.2) is 0 Å². The summed E-state index contributed by atoms with van der Waals surface area (Å²) in [5, 5.41) is 3.53. The number of hydrogen-bond donors (Lipinski definition) is 1. The summed E-state index contributed by atoms with van der Waals surface area (Å²) in [6.07, 6.45) is 6.18. The summed E-state index contributed by atoms with van der Waals surface area (Å²) in [4.78, 5) is 0. The fourth-order valence-electron chi connectivity index (χ4n) is 3.07. The molecule has 1 fully saturated rings. The molecule has 0 heterocycles. The normalized spacial score (nSPS) is 23.0. The van der Waals surface area contributed by atoms with Crippen LogP contribution in [0.3, 0.4) is 0 Å². The van der Waals surface area contributed by atoms with Gasteiger partial charge in [-0.05, 0) is 24.8 Å². The van der Waals surface area contributed by atoms with Crippen LogP contribution < -0.4 is 10.1 Å². The van der Waals surface area contributed by atoms with Gasteiger partial charge in [0.2, 0.25) is 0 Å². The Balaban J connectivity index is 1.96. The maximum atomic E-state index is 12.4. The first-order chi connectivity index (χ1) is 9.70. The first kappa shape index (κ1) is 15.2. The molecule has 1 aliphatic rings. The van der Waals surface area contributed by atoms with Gasteiger partial charge >= 0.3 is 6.61 Å². The van der Waals surface area contributed by atoms with Crippen molar-refractivity contribution in [2.75, 3.05) is 0 Å². The maximum Gasteiger partial charge on any atom is 0.387 e. The number of halogens is 2. The van der Waals surface area contributed by atoms with E-state index < -0.39 is 6.61 Å². The zero-order valence-corrected chi connectivity index (χ0v) is 11.9. The Kier molecular flexibility index (Phi) is 5.77. The van der Waals surface area contributed by atoms with Crippen molar-refractivity contribution in [3.8, 4) is 5.75 Å². The molecule has 2 atom stereocenters. The average Bonchev–Trinajstić information content (AvgIpc) is 2.46. The van der Waals surface area contributed by atoms with E-state index in [-0.39, 0.29) is 5.75 Å². The maximum absolute atomic E-state index is 12.4. The second-order valence-corrected chi connectivity index (χ2v) is 5.43. The third-order valence-electron chi connectivity index (χ3n) is 4.18. The van der Waals surface area contributed by atoms with Gasteiger partial charge in [0.25, 0.3) is 0 Å². The SMILES string of the molecule is CCC1CCCCC1NCc1ccccc1OC(F)F. The summed E-state index contributed by atoms with van der Waals surface area (Å²) >= 11 is 0. The molecule has 0 bridgehead atoms. The van der Waals surface area contributed by atoms with Crippen LogP contribution in [0.25, 0.3) is 0 Å². The number of hydrogen-bond acceptors (Lipinski definition) is 2. The molecule has 0 saturated heterocycles. The van der Waals surface area contributed by atoms with Gasteiger partial charge < -0.3 is 10.1 Å². The average molecular weight is 283 g/mol. The van der Waals surface area contributed by atoms with Gasteiger partial charge in [-0.15, -0.1) is 0 Å². The van der Waals surface area contributed by atoms with E-state index in [2.05, 4.69) is 17.0 Å². The zero-order valence-electron chi connectivity index (χ0n) is 11.9. The summed E-state index contributed by atoms with van der Waals surface area (Å²) in [5.74, 6) is 0.978. The van der Waals surface area contributed by atoms with Crippen molar-refractivity contribution in [1.82, 2.24) is 5.32 Å². The molecule has 1 saturated carbocycles. The van der Waals surface area contributed by atoms with E-state index in [1.807, 2.05) is 12.1 Å². The minimum Gasteiger partial charge on any atom is -0.434 e. The van der Waals surface area contributed by atoms with E-state index in [9.17, 15) is 8.78 Å². The molecule has 1 aromatic rings. The molecule has 0 spiro atoms. The van der Waals surface area contributed by atoms with Gasteiger partial charge in [0, 0.05) is 18.2 Å². The largest absolute Gasteiger partial charge is 0.434 e. The summed E-state index contributed by atoms with van der Waals surface area (Å²) in [5.41, 5.74) is 0.799. The molecule has 0 aromatic heterocycles. The first-order valence-electron chi connectivity index (χ1n) is 7.46. The van der Waals surface area contributed by atoms with Crippen LogP contribution in [-0.2, 0) is 6.54 Å². The van der Waals surface area contributed by atoms with E-state index in [0.29, 0.717) is 18.5 Å². The number of nitrogens with one attached hydrogen (secondary N) is 1. The van der Waals surface area contributed by atoms with E-state index in [0.717, 1.165) is 5.56 Å². The monoisotopic (exact) mass is 283 g/mol. The van der Waals surface area contributed by atoms with E-state index in [1.54, 1.807) is 12.1 Å². The van der Waals surface area contributed by atoms with Crippen LogP contribution >= 0.6 is 0 Å². The number of para-hydroxylation sites is 1. The molecule has 1 N–H and O–H groups in total. The van der Waals surface area contributed by atoms with E-state index >= 15 is 0 Å². The van der Waals surface area contributed by atoms with Gasteiger partial charge in [0.15, 0.2) is 0 Å². The Morgan fingerprint density at radius 1 is 1.25 bits per heavy atom. The van der Waals surface area contributed by atoms with Crippen LogP contribution in [0.1, 0.15) is 44.6 Å². The zero-order chi connectivity index (χ0) is 14.4. The van der Waals surface area contributed by atoms with Crippen LogP contribution in [0, 0.1) is 5.92 Å². The highest BCUT2D eigenvalue weighted by atomic mass is 19.3. The van der Waals surface area contributed by atoms with Crippen LogP contribution in [0.15, 0.2) is 24.3 Å². The number of benzene rings is 1. The van der Waals surface area contributed by atoms with Crippen LogP contribution in [-0.4, -0.2) is 12.7 Å². The van der Waals surface area contributed by atoms with Gasteiger partial charge in [0.1, 0.15) is 5.75 Å². The van der Waals surface area contributed by atoms with E-state index in [4.69, 9.17) is 0 Å². The molecule has 112 valence electrons. The summed E-state index contributed by atoms with van der Waals surface area (Å²) < 4.78 is 29.3. The van der Waals surface area contributed by atoms with Gasteiger partial charge in [-0.3, -0.25) is 0 Å². The van der Waals surface area contributed by atoms with Gasteiger partial charge in [-0.2, -0.15) is 8.78 Å². The molecule has 20 heavy (non-hydrogen) atoms. The van der Waals surface area contributed by atoms with Crippen LogP contribution in [0.2, 0.25) is 0 Å². The quantitative estimate of drug-likeness (QED) is 0.838. The minimum atomic E-state index is -2.77. The predicted octanol–water partition coefficient (Wildman–Crippen LogP) is 4.35. The molecule has 0 aliphatic heterocycles. The Hall–Kier alpha value is -1.16. The molecule has 2 nitrogen and oxygen atoms in total. The lowest BCUT2D eigenvalue weighted by Crippen LogP contribution is -2.37. The number of alkyl halides is 2. The van der Waals surface area contributed by atoms with Gasteiger partial charge in [-0.1, -0.05) is 44.4 Å². The van der Waals surface area contributed by atoms with Crippen molar-refractivity contribution in [3.05, 3.63) is 29.8 Å². The van der Waals surface area contributed by atoms with Crippen molar-refractivity contribution in [1.29, 1.82) is 0 Å². The highest BCUT2D eigenvalue weighted by molar-refractivity contribution is 5.33. The lowest BCUT2D eigenvalue weighted by molar-refractivity contribution is -0.0505. The molecular weight excluding hydrogens is 260 g/mol. The smallest absolute Gasteiger partial charge is 0.387 e. The van der Waals surface area contributed by atoms with Crippen molar-refractivity contribution >= 4 is 0 Å². The van der Waals surface area contributed by atoms with Crippen molar-refractivity contribution < 1.29 is 13.5 Å². The summed E-state index contributed by atoms with van der Waals surface area (Å²) in [7, 11) is 0. The fraction of sp³-hybridized carbons (Fsp3) is 0.625. The standard InChI is InChI=1S/C16H23F2NO/c1-2-12-7-3-5-9-14(12)19-11-13-8-4-6-10-15(13)20-16(17)18/h4,6,8,10,12,14,16,19H,2-3,5,7,9,11H2,1H3. The van der Waals surface area contributed by atoms with E-state index in [1.165, 1.54) is 32.1 Å². The lowest BCUT2D eigenvalue weighted by Gasteiger charge is -2.31. The van der Waals surface area contributed by atoms with Crippen molar-refractivity contribution in [2.24, 2.45) is 5.92 Å². The molecule has 2 rings (SSSR count). The van der Waals surface area contributed by atoms with Gasteiger partial charge in [0.05, 0.1) is 0 Å². The Bertz CT molecular complexity index is 411. The second kappa shape index (κ2) is 7.58.